The van der Waals surface area contributed by atoms with Gasteiger partial charge < -0.3 is 14.7 Å². The second-order valence-electron chi connectivity index (χ2n) is 7.55. The molecule has 4 rings (SSSR count). The number of hydrogen-bond acceptors (Lipinski definition) is 5. The summed E-state index contributed by atoms with van der Waals surface area (Å²) >= 11 is 6.22. The third kappa shape index (κ3) is 3.97. The lowest BCUT2D eigenvalue weighted by Gasteiger charge is -2.25. The van der Waals surface area contributed by atoms with E-state index in [0.717, 1.165) is 16.7 Å². The van der Waals surface area contributed by atoms with Crippen LogP contribution in [0.2, 0.25) is 5.02 Å². The number of nitrogens with zero attached hydrogens (tertiary/aromatic N) is 2. The summed E-state index contributed by atoms with van der Waals surface area (Å²) in [4.78, 5) is 31.7. The van der Waals surface area contributed by atoms with Crippen LogP contribution in [0.25, 0.3) is 5.76 Å². The van der Waals surface area contributed by atoms with Crippen LogP contribution in [0.1, 0.15) is 28.3 Å². The van der Waals surface area contributed by atoms with Gasteiger partial charge in [-0.05, 0) is 42.3 Å². The summed E-state index contributed by atoms with van der Waals surface area (Å²) in [6.45, 7) is 2.13. The van der Waals surface area contributed by atoms with Crippen molar-refractivity contribution in [2.45, 2.75) is 19.5 Å². The van der Waals surface area contributed by atoms with Crippen molar-refractivity contribution in [3.8, 4) is 5.75 Å². The number of aromatic nitrogens is 1. The number of aryl methyl sites for hydroxylation is 1. The van der Waals surface area contributed by atoms with Crippen LogP contribution in [0, 0.1) is 6.92 Å². The van der Waals surface area contributed by atoms with Gasteiger partial charge in [-0.25, -0.2) is 0 Å². The summed E-state index contributed by atoms with van der Waals surface area (Å²) in [5.74, 6) is -1.27. The number of carbonyl (C=O) groups is 2. The van der Waals surface area contributed by atoms with Crippen molar-refractivity contribution in [2.75, 3.05) is 7.11 Å². The highest BCUT2D eigenvalue weighted by atomic mass is 35.5. The summed E-state index contributed by atoms with van der Waals surface area (Å²) in [6.07, 6.45) is 3.29. The van der Waals surface area contributed by atoms with Crippen LogP contribution >= 0.6 is 11.6 Å². The van der Waals surface area contributed by atoms with Crippen molar-refractivity contribution in [1.82, 2.24) is 9.88 Å². The van der Waals surface area contributed by atoms with E-state index in [-0.39, 0.29) is 22.9 Å². The molecule has 0 radical (unpaired) electrons. The summed E-state index contributed by atoms with van der Waals surface area (Å²) in [5, 5.41) is 11.4. The molecular weight excluding hydrogens is 428 g/mol. The number of likely N-dealkylation sites (tertiary alicyclic amines) is 1. The molecule has 6 nitrogen and oxygen atoms in total. The molecule has 1 aliphatic rings. The number of amides is 1. The number of methoxy groups -OCH3 is 1. The molecule has 162 valence electrons. The van der Waals surface area contributed by atoms with Gasteiger partial charge in [0.25, 0.3) is 11.7 Å². The molecule has 0 unspecified atom stereocenters. The molecular formula is C25H21ClN2O4. The van der Waals surface area contributed by atoms with E-state index in [0.29, 0.717) is 11.3 Å². The lowest BCUT2D eigenvalue weighted by Crippen LogP contribution is -2.29. The van der Waals surface area contributed by atoms with Gasteiger partial charge in [0.2, 0.25) is 0 Å². The van der Waals surface area contributed by atoms with E-state index in [2.05, 4.69) is 4.98 Å². The molecule has 0 spiro atoms. The fourth-order valence-corrected chi connectivity index (χ4v) is 4.05. The molecule has 1 atom stereocenters. The third-order valence-corrected chi connectivity index (χ3v) is 5.73. The Morgan fingerprint density at radius 2 is 1.91 bits per heavy atom. The van der Waals surface area contributed by atoms with Crippen LogP contribution in [0.3, 0.4) is 0 Å². The molecule has 7 heteroatoms. The van der Waals surface area contributed by atoms with E-state index in [4.69, 9.17) is 16.3 Å². The van der Waals surface area contributed by atoms with E-state index < -0.39 is 17.7 Å². The smallest absolute Gasteiger partial charge is 0.295 e. The molecule has 1 aliphatic heterocycles. The van der Waals surface area contributed by atoms with E-state index in [1.807, 2.05) is 37.3 Å². The summed E-state index contributed by atoms with van der Waals surface area (Å²) in [6, 6.07) is 15.1. The van der Waals surface area contributed by atoms with Crippen LogP contribution < -0.4 is 4.74 Å². The van der Waals surface area contributed by atoms with Crippen molar-refractivity contribution in [2.24, 2.45) is 0 Å². The number of halogens is 1. The Bertz CT molecular complexity index is 1210. The summed E-state index contributed by atoms with van der Waals surface area (Å²) < 4.78 is 5.16. The number of aliphatic hydroxyl groups is 1. The van der Waals surface area contributed by atoms with Crippen LogP contribution in [0.4, 0.5) is 0 Å². The van der Waals surface area contributed by atoms with Gasteiger partial charge in [-0.15, -0.1) is 0 Å². The molecule has 0 aliphatic carbocycles. The van der Waals surface area contributed by atoms with Gasteiger partial charge in [-0.3, -0.25) is 14.6 Å². The Hall–Kier alpha value is -3.64. The standard InChI is InChI=1S/C25H21ClN2O4/c1-15-5-7-17(8-6-15)22-21(23(29)18-9-10-20(32-2)19(26)12-18)24(30)25(31)28(22)14-16-4-3-11-27-13-16/h3-13,22,29H,14H2,1-2H3/t22-/m1/s1. The summed E-state index contributed by atoms with van der Waals surface area (Å²) in [7, 11) is 1.49. The number of hydrogen-bond donors (Lipinski definition) is 1. The second kappa shape index (κ2) is 8.85. The molecule has 1 saturated heterocycles. The van der Waals surface area contributed by atoms with E-state index in [1.54, 1.807) is 30.6 Å². The predicted molar refractivity (Wildman–Crippen MR) is 121 cm³/mol. The zero-order chi connectivity index (χ0) is 22.8. The van der Waals surface area contributed by atoms with Crippen molar-refractivity contribution in [3.63, 3.8) is 0 Å². The van der Waals surface area contributed by atoms with Crippen LogP contribution in [-0.4, -0.2) is 33.8 Å². The number of carbonyl (C=O) groups excluding carboxylic acids is 2. The van der Waals surface area contributed by atoms with Crippen LogP contribution in [0.15, 0.2) is 72.6 Å². The largest absolute Gasteiger partial charge is 0.507 e. The molecule has 2 aromatic carbocycles. The van der Waals surface area contributed by atoms with Gasteiger partial charge in [0.1, 0.15) is 11.5 Å². The fraction of sp³-hybridized carbons (Fsp3) is 0.160. The molecule has 3 aromatic rings. The lowest BCUT2D eigenvalue weighted by atomic mass is 9.94. The Kier molecular flexibility index (Phi) is 5.97. The third-order valence-electron chi connectivity index (χ3n) is 5.43. The van der Waals surface area contributed by atoms with E-state index in [9.17, 15) is 14.7 Å². The predicted octanol–water partition coefficient (Wildman–Crippen LogP) is 4.67. The highest BCUT2D eigenvalue weighted by Crippen LogP contribution is 2.41. The maximum atomic E-state index is 13.1. The quantitative estimate of drug-likeness (QED) is 0.348. The van der Waals surface area contributed by atoms with E-state index in [1.165, 1.54) is 18.1 Å². The number of rotatable bonds is 5. The number of aliphatic hydroxyl groups excluding tert-OH is 1. The Balaban J connectivity index is 1.86. The fourth-order valence-electron chi connectivity index (χ4n) is 3.80. The topological polar surface area (TPSA) is 79.7 Å². The number of pyridine rings is 1. The Morgan fingerprint density at radius 1 is 1.16 bits per heavy atom. The number of ether oxygens (including phenoxy) is 1. The van der Waals surface area contributed by atoms with Crippen LogP contribution in [-0.2, 0) is 16.1 Å². The molecule has 1 N–H and O–H groups in total. The second-order valence-corrected chi connectivity index (χ2v) is 7.96. The molecule has 0 saturated carbocycles. The molecule has 1 amide bonds. The van der Waals surface area contributed by atoms with Gasteiger partial charge in [0, 0.05) is 24.5 Å². The highest BCUT2D eigenvalue weighted by molar-refractivity contribution is 6.46. The number of ketones is 1. The van der Waals surface area contributed by atoms with Gasteiger partial charge in [-0.1, -0.05) is 47.5 Å². The Labute approximate surface area is 190 Å². The van der Waals surface area contributed by atoms with Gasteiger partial charge in [0.15, 0.2) is 0 Å². The first-order valence-electron chi connectivity index (χ1n) is 9.98. The zero-order valence-electron chi connectivity index (χ0n) is 17.6. The minimum Gasteiger partial charge on any atom is -0.507 e. The SMILES string of the molecule is COc1ccc(C(O)=C2C(=O)C(=O)N(Cc3cccnc3)[C@@H]2c2ccc(C)cc2)cc1Cl. The van der Waals surface area contributed by atoms with Crippen molar-refractivity contribution in [3.05, 3.63) is 99.8 Å². The van der Waals surface area contributed by atoms with Gasteiger partial charge in [0.05, 0.1) is 23.7 Å². The Morgan fingerprint density at radius 3 is 2.53 bits per heavy atom. The number of Topliss-reactive ketones (excluding diaryl/α,β-unsaturated/α-hetero) is 1. The molecule has 1 fully saturated rings. The number of benzene rings is 2. The van der Waals surface area contributed by atoms with Crippen LogP contribution in [0.5, 0.6) is 5.75 Å². The van der Waals surface area contributed by atoms with Crippen molar-refractivity contribution < 1.29 is 19.4 Å². The lowest BCUT2D eigenvalue weighted by molar-refractivity contribution is -0.140. The monoisotopic (exact) mass is 448 g/mol. The minimum absolute atomic E-state index is 0.0176. The minimum atomic E-state index is -0.753. The van der Waals surface area contributed by atoms with Gasteiger partial charge in [-0.2, -0.15) is 0 Å². The van der Waals surface area contributed by atoms with Crippen molar-refractivity contribution in [1.29, 1.82) is 0 Å². The van der Waals surface area contributed by atoms with Gasteiger partial charge >= 0.3 is 0 Å². The molecule has 0 bridgehead atoms. The first-order chi connectivity index (χ1) is 15.4. The average Bonchev–Trinajstić information content (AvgIpc) is 3.04. The molecule has 32 heavy (non-hydrogen) atoms. The first kappa shape index (κ1) is 21.6. The molecule has 2 heterocycles. The normalized spacial score (nSPS) is 17.6. The maximum Gasteiger partial charge on any atom is 0.295 e. The highest BCUT2D eigenvalue weighted by Gasteiger charge is 2.46. The molecule has 1 aromatic heterocycles. The van der Waals surface area contributed by atoms with Crippen molar-refractivity contribution >= 4 is 29.1 Å². The zero-order valence-corrected chi connectivity index (χ0v) is 18.3. The average molecular weight is 449 g/mol. The maximum absolute atomic E-state index is 13.1. The summed E-state index contributed by atoms with van der Waals surface area (Å²) in [5.41, 5.74) is 2.88. The van der Waals surface area contributed by atoms with E-state index >= 15 is 0 Å². The first-order valence-corrected chi connectivity index (χ1v) is 10.4.